The Hall–Kier alpha value is -2.23. The van der Waals surface area contributed by atoms with E-state index in [2.05, 4.69) is 23.8 Å². The van der Waals surface area contributed by atoms with Gasteiger partial charge in [-0.25, -0.2) is 9.97 Å². The lowest BCUT2D eigenvalue weighted by atomic mass is 10.0. The Morgan fingerprint density at radius 2 is 1.29 bits per heavy atom. The first-order chi connectivity index (χ1) is 16.6. The van der Waals surface area contributed by atoms with E-state index >= 15 is 0 Å². The van der Waals surface area contributed by atoms with Crippen molar-refractivity contribution in [3.63, 3.8) is 0 Å². The van der Waals surface area contributed by atoms with Crippen molar-refractivity contribution in [2.45, 2.75) is 117 Å². The third-order valence-corrected chi connectivity index (χ3v) is 6.50. The monoisotopic (exact) mass is 466 g/mol. The minimum Gasteiger partial charge on any atom is -0.426 e. The molecule has 0 spiro atoms. The summed E-state index contributed by atoms with van der Waals surface area (Å²) < 4.78 is 5.56. The first kappa shape index (κ1) is 28.0. The highest BCUT2D eigenvalue weighted by Crippen LogP contribution is 2.21. The van der Waals surface area contributed by atoms with Crippen LogP contribution in [0.5, 0.6) is 5.75 Å². The van der Waals surface area contributed by atoms with Crippen molar-refractivity contribution in [3.8, 4) is 17.1 Å². The molecule has 4 nitrogen and oxygen atoms in total. The van der Waals surface area contributed by atoms with Gasteiger partial charge in [-0.3, -0.25) is 4.79 Å². The SMILES string of the molecule is CCCCCCCCCCCc1cnc(-c2ccc(OC(=O)[C@@H](C)CCCCCC)cc2)nc1. The van der Waals surface area contributed by atoms with Crippen LogP contribution in [0.3, 0.4) is 0 Å². The van der Waals surface area contributed by atoms with Crippen LogP contribution in [0.1, 0.15) is 116 Å². The number of unbranched alkanes of at least 4 members (excludes halogenated alkanes) is 11. The molecule has 0 saturated carbocycles. The molecule has 0 bridgehead atoms. The molecular formula is C30H46N2O2. The molecule has 0 aliphatic rings. The normalized spacial score (nSPS) is 12.0. The first-order valence-electron chi connectivity index (χ1n) is 13.8. The van der Waals surface area contributed by atoms with Gasteiger partial charge in [0, 0.05) is 18.0 Å². The lowest BCUT2D eigenvalue weighted by molar-refractivity contribution is -0.138. The number of ether oxygens (including phenoxy) is 1. The van der Waals surface area contributed by atoms with Crippen LogP contribution in [0.25, 0.3) is 11.4 Å². The van der Waals surface area contributed by atoms with Gasteiger partial charge < -0.3 is 4.74 Å². The van der Waals surface area contributed by atoms with Gasteiger partial charge in [-0.05, 0) is 49.1 Å². The Balaban J connectivity index is 1.69. The standard InChI is InChI=1S/C30H46N2O2/c1-4-6-8-10-11-12-13-14-16-18-26-23-31-29(32-24-26)27-19-21-28(22-20-27)34-30(33)25(3)17-15-9-7-5-2/h19-25H,4-18H2,1-3H3/t25-/m0/s1. The first-order valence-corrected chi connectivity index (χ1v) is 13.8. The predicted octanol–water partition coefficient (Wildman–Crippen LogP) is 8.73. The van der Waals surface area contributed by atoms with E-state index in [-0.39, 0.29) is 11.9 Å². The Bertz CT molecular complexity index is 786. The summed E-state index contributed by atoms with van der Waals surface area (Å²) in [4.78, 5) is 21.4. The molecule has 4 heteroatoms. The van der Waals surface area contributed by atoms with Crippen molar-refractivity contribution in [3.05, 3.63) is 42.2 Å². The third kappa shape index (κ3) is 11.3. The molecule has 0 saturated heterocycles. The van der Waals surface area contributed by atoms with Gasteiger partial charge in [0.05, 0.1) is 5.92 Å². The van der Waals surface area contributed by atoms with Crippen LogP contribution in [0, 0.1) is 5.92 Å². The van der Waals surface area contributed by atoms with Crippen LogP contribution < -0.4 is 4.74 Å². The summed E-state index contributed by atoms with van der Waals surface area (Å²) >= 11 is 0. The molecule has 1 aromatic carbocycles. The fourth-order valence-corrected chi connectivity index (χ4v) is 4.16. The Morgan fingerprint density at radius 3 is 1.88 bits per heavy atom. The van der Waals surface area contributed by atoms with Crippen molar-refractivity contribution in [2.24, 2.45) is 5.92 Å². The van der Waals surface area contributed by atoms with E-state index in [0.29, 0.717) is 11.6 Å². The number of aryl methyl sites for hydroxylation is 1. The molecule has 188 valence electrons. The number of aromatic nitrogens is 2. The lowest BCUT2D eigenvalue weighted by Gasteiger charge is -2.11. The average molecular weight is 467 g/mol. The zero-order valence-corrected chi connectivity index (χ0v) is 21.9. The van der Waals surface area contributed by atoms with Gasteiger partial charge in [0.2, 0.25) is 0 Å². The Kier molecular flexibility index (Phi) is 14.2. The summed E-state index contributed by atoms with van der Waals surface area (Å²) in [5.41, 5.74) is 2.13. The molecule has 1 heterocycles. The van der Waals surface area contributed by atoms with Gasteiger partial charge >= 0.3 is 5.97 Å². The zero-order valence-electron chi connectivity index (χ0n) is 21.9. The fourth-order valence-electron chi connectivity index (χ4n) is 4.16. The predicted molar refractivity (Wildman–Crippen MR) is 142 cm³/mol. The summed E-state index contributed by atoms with van der Waals surface area (Å²) in [5, 5.41) is 0. The number of carbonyl (C=O) groups excluding carboxylic acids is 1. The molecule has 0 aliphatic heterocycles. The maximum atomic E-state index is 12.3. The van der Waals surface area contributed by atoms with Gasteiger partial charge in [-0.2, -0.15) is 0 Å². The van der Waals surface area contributed by atoms with Gasteiger partial charge in [0.1, 0.15) is 5.75 Å². The molecule has 1 aromatic heterocycles. The van der Waals surface area contributed by atoms with Gasteiger partial charge in [0.15, 0.2) is 5.82 Å². The van der Waals surface area contributed by atoms with Gasteiger partial charge in [0.25, 0.3) is 0 Å². The third-order valence-electron chi connectivity index (χ3n) is 6.50. The van der Waals surface area contributed by atoms with Crippen molar-refractivity contribution in [1.82, 2.24) is 9.97 Å². The summed E-state index contributed by atoms with van der Waals surface area (Å²) in [7, 11) is 0. The number of esters is 1. The second-order valence-electron chi connectivity index (χ2n) is 9.69. The molecule has 2 rings (SSSR count). The average Bonchev–Trinajstić information content (AvgIpc) is 2.86. The van der Waals surface area contributed by atoms with Crippen LogP contribution in [0.2, 0.25) is 0 Å². The number of hydrogen-bond donors (Lipinski definition) is 0. The molecule has 0 N–H and O–H groups in total. The minimum absolute atomic E-state index is 0.0711. The molecular weight excluding hydrogens is 420 g/mol. The lowest BCUT2D eigenvalue weighted by Crippen LogP contribution is -2.17. The molecule has 0 unspecified atom stereocenters. The highest BCUT2D eigenvalue weighted by Gasteiger charge is 2.15. The van der Waals surface area contributed by atoms with E-state index < -0.39 is 0 Å². The van der Waals surface area contributed by atoms with E-state index in [9.17, 15) is 4.79 Å². The largest absolute Gasteiger partial charge is 0.426 e. The Labute approximate surface area is 208 Å². The molecule has 0 fully saturated rings. The quantitative estimate of drug-likeness (QED) is 0.125. The number of hydrogen-bond acceptors (Lipinski definition) is 4. The molecule has 0 amide bonds. The topological polar surface area (TPSA) is 52.1 Å². The maximum Gasteiger partial charge on any atom is 0.314 e. The number of rotatable bonds is 18. The van der Waals surface area contributed by atoms with Gasteiger partial charge in [-0.1, -0.05) is 97.8 Å². The Morgan fingerprint density at radius 1 is 0.765 bits per heavy atom. The second-order valence-corrected chi connectivity index (χ2v) is 9.69. The van der Waals surface area contributed by atoms with Crippen molar-refractivity contribution in [2.75, 3.05) is 0 Å². The zero-order chi connectivity index (χ0) is 24.4. The van der Waals surface area contributed by atoms with Crippen LogP contribution in [0.15, 0.2) is 36.7 Å². The summed E-state index contributed by atoms with van der Waals surface area (Å²) in [6, 6.07) is 7.50. The summed E-state index contributed by atoms with van der Waals surface area (Å²) in [6.45, 7) is 6.41. The minimum atomic E-state index is -0.152. The molecule has 1 atom stereocenters. The van der Waals surface area contributed by atoms with Crippen molar-refractivity contribution < 1.29 is 9.53 Å². The second kappa shape index (κ2) is 17.2. The van der Waals surface area contributed by atoms with E-state index in [4.69, 9.17) is 4.74 Å². The smallest absolute Gasteiger partial charge is 0.314 e. The number of benzene rings is 1. The summed E-state index contributed by atoms with van der Waals surface area (Å²) in [5.74, 6) is 1.06. The van der Waals surface area contributed by atoms with Crippen molar-refractivity contribution >= 4 is 5.97 Å². The van der Waals surface area contributed by atoms with Crippen molar-refractivity contribution in [1.29, 1.82) is 0 Å². The number of nitrogens with zero attached hydrogens (tertiary/aromatic N) is 2. The fraction of sp³-hybridized carbons (Fsp3) is 0.633. The van der Waals surface area contributed by atoms with Crippen LogP contribution in [0.4, 0.5) is 0 Å². The summed E-state index contributed by atoms with van der Waals surface area (Å²) in [6.07, 6.45) is 22.6. The maximum absolute atomic E-state index is 12.3. The molecule has 2 aromatic rings. The van der Waals surface area contributed by atoms with E-state index in [1.807, 2.05) is 43.6 Å². The molecule has 0 radical (unpaired) electrons. The highest BCUT2D eigenvalue weighted by molar-refractivity contribution is 5.75. The van der Waals surface area contributed by atoms with Crippen LogP contribution in [-0.2, 0) is 11.2 Å². The van der Waals surface area contributed by atoms with E-state index in [1.54, 1.807) is 0 Å². The van der Waals surface area contributed by atoms with Gasteiger partial charge in [-0.15, -0.1) is 0 Å². The van der Waals surface area contributed by atoms with Crippen LogP contribution in [-0.4, -0.2) is 15.9 Å². The number of carbonyl (C=O) groups is 1. The van der Waals surface area contributed by atoms with Crippen LogP contribution >= 0.6 is 0 Å². The molecule has 0 aliphatic carbocycles. The van der Waals surface area contributed by atoms with E-state index in [0.717, 1.165) is 24.8 Å². The molecule has 34 heavy (non-hydrogen) atoms. The van der Waals surface area contributed by atoms with E-state index in [1.165, 1.54) is 82.6 Å². The highest BCUT2D eigenvalue weighted by atomic mass is 16.5.